The minimum absolute atomic E-state index is 0.348. The van der Waals surface area contributed by atoms with Crippen LogP contribution in [0.15, 0.2) is 39.4 Å². The predicted molar refractivity (Wildman–Crippen MR) is 88.3 cm³/mol. The first kappa shape index (κ1) is 15.1. The summed E-state index contributed by atoms with van der Waals surface area (Å²) in [6.45, 7) is 3.42. The summed E-state index contributed by atoms with van der Waals surface area (Å²) < 4.78 is 0.348. The molecule has 114 valence electrons. The quantitative estimate of drug-likeness (QED) is 0.608. The zero-order valence-corrected chi connectivity index (χ0v) is 13.2. The van der Waals surface area contributed by atoms with Crippen LogP contribution in [0, 0.1) is 0 Å². The van der Waals surface area contributed by atoms with Crippen molar-refractivity contribution in [3.63, 3.8) is 0 Å². The van der Waals surface area contributed by atoms with Crippen LogP contribution in [0.5, 0.6) is 0 Å². The first-order valence-electron chi connectivity index (χ1n) is 7.19. The molecule has 1 aromatic rings. The second-order valence-corrected chi connectivity index (χ2v) is 6.05. The number of rotatable bonds is 2. The number of aliphatic imine (C=N–C) groups is 2. The van der Waals surface area contributed by atoms with Crippen molar-refractivity contribution < 1.29 is 4.59 Å². The molecule has 0 aliphatic carbocycles. The number of guanidine groups is 1. The largest absolute Gasteiger partial charge is 0.422 e. The average Bonchev–Trinajstić information content (AvgIpc) is 2.83. The molecule has 1 saturated heterocycles. The van der Waals surface area contributed by atoms with Crippen molar-refractivity contribution in [3.05, 3.63) is 40.3 Å². The highest BCUT2D eigenvalue weighted by atomic mass is 35.5. The van der Waals surface area contributed by atoms with E-state index >= 15 is 0 Å². The fraction of sp³-hybridized carbons (Fsp3) is 0.400. The van der Waals surface area contributed by atoms with E-state index in [9.17, 15) is 0 Å². The number of benzene rings is 1. The first-order valence-corrected chi connectivity index (χ1v) is 7.57. The van der Waals surface area contributed by atoms with Gasteiger partial charge in [0, 0.05) is 11.4 Å². The van der Waals surface area contributed by atoms with E-state index in [0.29, 0.717) is 22.0 Å². The molecule has 6 nitrogen and oxygen atoms in total. The monoisotopic (exact) mass is 316 g/mol. The summed E-state index contributed by atoms with van der Waals surface area (Å²) in [5.74, 6) is 1.24. The van der Waals surface area contributed by atoms with Crippen molar-refractivity contribution in [1.82, 2.24) is 4.90 Å². The Hall–Kier alpha value is -1.85. The van der Waals surface area contributed by atoms with Crippen molar-refractivity contribution in [3.8, 4) is 0 Å². The number of amidine groups is 1. The first-order chi connectivity index (χ1) is 10.6. The van der Waals surface area contributed by atoms with Crippen molar-refractivity contribution in [2.45, 2.75) is 6.42 Å². The van der Waals surface area contributed by atoms with Gasteiger partial charge >= 0.3 is 0 Å². The Labute approximate surface area is 134 Å². The molecule has 2 aliphatic heterocycles. The lowest BCUT2D eigenvalue weighted by Crippen LogP contribution is -2.57. The Kier molecular flexibility index (Phi) is 4.18. The lowest BCUT2D eigenvalue weighted by atomic mass is 10.1. The van der Waals surface area contributed by atoms with Gasteiger partial charge in [-0.2, -0.15) is 4.99 Å². The van der Waals surface area contributed by atoms with Gasteiger partial charge in [-0.05, 0) is 24.7 Å². The summed E-state index contributed by atoms with van der Waals surface area (Å²) in [4.78, 5) is 10.7. The zero-order chi connectivity index (χ0) is 15.6. The Bertz CT molecular complexity index is 664. The molecule has 0 amide bonds. The molecular formula is C15H17ClN6. The summed E-state index contributed by atoms with van der Waals surface area (Å²) >= 11 is 5.91. The Morgan fingerprint density at radius 3 is 2.64 bits per heavy atom. The molecule has 7 heteroatoms. The van der Waals surface area contributed by atoms with E-state index in [1.54, 1.807) is 0 Å². The topological polar surface area (TPSA) is 62.6 Å². The molecule has 1 fully saturated rings. The van der Waals surface area contributed by atoms with E-state index in [-0.39, 0.29) is 0 Å². The van der Waals surface area contributed by atoms with Crippen LogP contribution in [-0.4, -0.2) is 60.5 Å². The second kappa shape index (κ2) is 6.10. The van der Waals surface area contributed by atoms with Crippen molar-refractivity contribution in [2.75, 3.05) is 33.2 Å². The van der Waals surface area contributed by atoms with Crippen LogP contribution in [0.1, 0.15) is 5.56 Å². The van der Waals surface area contributed by atoms with Gasteiger partial charge in [-0.15, -0.1) is 10.6 Å². The number of piperazine rings is 1. The minimum Gasteiger partial charge on any atom is -0.422 e. The van der Waals surface area contributed by atoms with Crippen LogP contribution in [0.4, 0.5) is 0 Å². The zero-order valence-electron chi connectivity index (χ0n) is 12.4. The van der Waals surface area contributed by atoms with Gasteiger partial charge < -0.3 is 10.4 Å². The summed E-state index contributed by atoms with van der Waals surface area (Å²) in [5, 5.41) is 14.4. The molecule has 0 unspecified atom stereocenters. The minimum atomic E-state index is 0.348. The number of likely N-dealkylation sites (N-methyl/N-ethyl adjacent to an activating group) is 1. The molecule has 0 atom stereocenters. The van der Waals surface area contributed by atoms with Crippen molar-refractivity contribution >= 4 is 29.4 Å². The fourth-order valence-corrected chi connectivity index (χ4v) is 2.84. The molecule has 0 saturated carbocycles. The molecule has 22 heavy (non-hydrogen) atoms. The molecule has 2 aliphatic rings. The Balaban J connectivity index is 1.85. The van der Waals surface area contributed by atoms with Crippen LogP contribution in [0.3, 0.4) is 0 Å². The van der Waals surface area contributed by atoms with Gasteiger partial charge in [0.15, 0.2) is 5.84 Å². The van der Waals surface area contributed by atoms with E-state index in [0.717, 1.165) is 37.6 Å². The molecule has 0 aromatic heterocycles. The fourth-order valence-electron chi connectivity index (χ4n) is 2.71. The standard InChI is InChI=1S/C15H17ClN6/c1-21-6-8-22(9-7-21)15(18-11-17)19-14(20-22)10-12-2-4-13(16)5-3-12/h2-5H,6-10H2,1H3. The number of nitrogens with zero attached hydrogens (tertiary/aromatic N) is 6. The Morgan fingerprint density at radius 1 is 1.32 bits per heavy atom. The SMILES string of the molecule is CN1CC[N+]2(CC1)N=C(Cc1ccc(Cl)cc1)N=C2N=C=[N-]. The highest BCUT2D eigenvalue weighted by Gasteiger charge is 2.40. The lowest BCUT2D eigenvalue weighted by molar-refractivity contribution is -0.851. The van der Waals surface area contributed by atoms with Gasteiger partial charge in [-0.25, -0.2) is 0 Å². The highest BCUT2D eigenvalue weighted by Crippen LogP contribution is 2.23. The molecule has 1 aromatic carbocycles. The molecule has 0 radical (unpaired) electrons. The van der Waals surface area contributed by atoms with Crippen LogP contribution < -0.4 is 0 Å². The van der Waals surface area contributed by atoms with Gasteiger partial charge in [-0.1, -0.05) is 28.8 Å². The van der Waals surface area contributed by atoms with Crippen LogP contribution in [0.2, 0.25) is 5.02 Å². The number of hydrogen-bond acceptors (Lipinski definition) is 4. The smallest absolute Gasteiger partial charge is 0.261 e. The summed E-state index contributed by atoms with van der Waals surface area (Å²) in [6, 6.07) is 9.51. The van der Waals surface area contributed by atoms with E-state index in [2.05, 4.69) is 21.9 Å². The molecule has 1 spiro atoms. The third-order valence-corrected chi connectivity index (χ3v) is 4.29. The van der Waals surface area contributed by atoms with Crippen molar-refractivity contribution in [2.24, 2.45) is 15.1 Å². The van der Waals surface area contributed by atoms with Gasteiger partial charge in [0.05, 0.1) is 13.1 Å². The lowest BCUT2D eigenvalue weighted by Gasteiger charge is -2.36. The second-order valence-electron chi connectivity index (χ2n) is 5.62. The summed E-state index contributed by atoms with van der Waals surface area (Å²) in [7, 11) is 2.09. The highest BCUT2D eigenvalue weighted by molar-refractivity contribution is 6.30. The Morgan fingerprint density at radius 2 is 2.00 bits per heavy atom. The van der Waals surface area contributed by atoms with E-state index < -0.39 is 0 Å². The van der Waals surface area contributed by atoms with Gasteiger partial charge in [0.25, 0.3) is 5.96 Å². The maximum Gasteiger partial charge on any atom is 0.261 e. The molecule has 2 heterocycles. The van der Waals surface area contributed by atoms with Crippen LogP contribution in [0.25, 0.3) is 5.41 Å². The van der Waals surface area contributed by atoms with Gasteiger partial charge in [0.1, 0.15) is 13.1 Å². The third-order valence-electron chi connectivity index (χ3n) is 4.04. The normalized spacial score (nSPS) is 20.5. The molecular weight excluding hydrogens is 300 g/mol. The average molecular weight is 317 g/mol. The van der Waals surface area contributed by atoms with E-state index in [1.165, 1.54) is 0 Å². The van der Waals surface area contributed by atoms with Crippen molar-refractivity contribution in [1.29, 1.82) is 0 Å². The van der Waals surface area contributed by atoms with E-state index in [1.807, 2.05) is 30.3 Å². The molecule has 0 bridgehead atoms. The van der Waals surface area contributed by atoms with E-state index in [4.69, 9.17) is 22.1 Å². The summed E-state index contributed by atoms with van der Waals surface area (Å²) in [5.41, 5.74) is 1.09. The van der Waals surface area contributed by atoms with Crippen LogP contribution >= 0.6 is 11.6 Å². The number of quaternary nitrogens is 1. The number of halogens is 1. The maximum absolute atomic E-state index is 8.92. The predicted octanol–water partition coefficient (Wildman–Crippen LogP) is 2.07. The van der Waals surface area contributed by atoms with Crippen LogP contribution in [-0.2, 0) is 6.42 Å². The maximum atomic E-state index is 8.92. The molecule has 0 N–H and O–H groups in total. The summed E-state index contributed by atoms with van der Waals surface area (Å²) in [6.07, 6.45) is 0.622. The number of hydrogen-bond donors (Lipinski definition) is 0. The van der Waals surface area contributed by atoms with Gasteiger partial charge in [0.2, 0.25) is 0 Å². The molecule has 3 rings (SSSR count). The van der Waals surface area contributed by atoms with Gasteiger partial charge in [-0.3, -0.25) is 4.90 Å². The third kappa shape index (κ3) is 3.00.